The van der Waals surface area contributed by atoms with Crippen molar-refractivity contribution in [2.24, 2.45) is 0 Å². The summed E-state index contributed by atoms with van der Waals surface area (Å²) in [5, 5.41) is 1.69. The minimum absolute atomic E-state index is 0.220. The monoisotopic (exact) mass is 405 g/mol. The van der Waals surface area contributed by atoms with Crippen LogP contribution in [-0.2, 0) is 16.0 Å². The van der Waals surface area contributed by atoms with Crippen LogP contribution in [0.1, 0.15) is 16.7 Å². The van der Waals surface area contributed by atoms with Gasteiger partial charge >= 0.3 is 5.97 Å². The zero-order chi connectivity index (χ0) is 19.6. The Morgan fingerprint density at radius 3 is 2.48 bits per heavy atom. The van der Waals surface area contributed by atoms with Crippen molar-refractivity contribution in [2.45, 2.75) is 13.3 Å². The van der Waals surface area contributed by atoms with E-state index in [1.807, 2.05) is 19.1 Å². The van der Waals surface area contributed by atoms with Crippen LogP contribution in [0, 0.1) is 6.92 Å². The van der Waals surface area contributed by atoms with Gasteiger partial charge in [0.1, 0.15) is 5.75 Å². The summed E-state index contributed by atoms with van der Waals surface area (Å²) >= 11 is 12.2. The number of halogens is 2. The van der Waals surface area contributed by atoms with E-state index in [-0.39, 0.29) is 12.2 Å². The number of pyridine rings is 1. The Labute approximate surface area is 165 Å². The molecule has 0 unspecified atom stereocenters. The lowest BCUT2D eigenvalue weighted by molar-refractivity contribution is -0.142. The maximum absolute atomic E-state index is 12.6. The first-order valence-electron chi connectivity index (χ1n) is 8.18. The predicted molar refractivity (Wildman–Crippen MR) is 106 cm³/mol. The number of fused-ring (bicyclic) bond motifs is 1. The summed E-state index contributed by atoms with van der Waals surface area (Å²) in [5.41, 5.74) is 2.54. The molecular weight excluding hydrogens is 389 g/mol. The summed E-state index contributed by atoms with van der Waals surface area (Å²) < 4.78 is 10.2. The van der Waals surface area contributed by atoms with Crippen molar-refractivity contribution in [3.8, 4) is 5.75 Å². The van der Waals surface area contributed by atoms with Crippen molar-refractivity contribution < 1.29 is 14.3 Å². The molecule has 0 aliphatic carbocycles. The molecule has 0 aliphatic heterocycles. The number of rotatable bonds is 5. The Bertz CT molecular complexity index is 1060. The van der Waals surface area contributed by atoms with E-state index >= 15 is 0 Å². The van der Waals surface area contributed by atoms with Gasteiger partial charge in [-0.3, -0.25) is 4.79 Å². The molecule has 140 valence electrons. The number of nitrogens with one attached hydrogen (secondary N) is 1. The Hall–Kier alpha value is -2.50. The number of aryl methyl sites for hydroxylation is 1. The molecule has 1 aromatic heterocycles. The highest BCUT2D eigenvalue weighted by molar-refractivity contribution is 6.35. The first kappa shape index (κ1) is 19.3. The van der Waals surface area contributed by atoms with Crippen LogP contribution in [0.5, 0.6) is 5.75 Å². The van der Waals surface area contributed by atoms with Gasteiger partial charge in [-0.2, -0.15) is 0 Å². The number of hydrogen-bond acceptors (Lipinski definition) is 4. The molecule has 27 heavy (non-hydrogen) atoms. The molecule has 0 spiro atoms. The average Bonchev–Trinajstić information content (AvgIpc) is 2.66. The fourth-order valence-corrected chi connectivity index (χ4v) is 3.23. The molecule has 0 atom stereocenters. The molecule has 0 amide bonds. The number of hydrogen-bond donors (Lipinski definition) is 1. The third kappa shape index (κ3) is 4.10. The predicted octanol–water partition coefficient (Wildman–Crippen LogP) is 4.29. The SMILES string of the molecule is COC(=O)COc1ccc(Cl)c2[nH]c(=O)c(Cc3ccc(Cl)cc3)c(C)c12. The van der Waals surface area contributed by atoms with Crippen molar-refractivity contribution in [1.29, 1.82) is 0 Å². The van der Waals surface area contributed by atoms with E-state index in [0.717, 1.165) is 11.1 Å². The molecule has 0 radical (unpaired) electrons. The van der Waals surface area contributed by atoms with Crippen LogP contribution in [0.2, 0.25) is 10.0 Å². The quantitative estimate of drug-likeness (QED) is 0.642. The van der Waals surface area contributed by atoms with Gasteiger partial charge in [-0.1, -0.05) is 35.3 Å². The topological polar surface area (TPSA) is 68.4 Å². The number of esters is 1. The van der Waals surface area contributed by atoms with Gasteiger partial charge in [-0.05, 0) is 42.3 Å². The highest BCUT2D eigenvalue weighted by atomic mass is 35.5. The molecule has 7 heteroatoms. The van der Waals surface area contributed by atoms with Crippen molar-refractivity contribution in [2.75, 3.05) is 13.7 Å². The molecule has 1 N–H and O–H groups in total. The van der Waals surface area contributed by atoms with Crippen LogP contribution in [0.4, 0.5) is 0 Å². The van der Waals surface area contributed by atoms with Gasteiger partial charge in [-0.25, -0.2) is 4.79 Å². The molecule has 0 bridgehead atoms. The second-order valence-electron chi connectivity index (χ2n) is 6.02. The number of aromatic nitrogens is 1. The summed E-state index contributed by atoms with van der Waals surface area (Å²) in [4.78, 5) is 26.9. The van der Waals surface area contributed by atoms with Gasteiger partial charge in [0.25, 0.3) is 5.56 Å². The van der Waals surface area contributed by atoms with E-state index in [2.05, 4.69) is 9.72 Å². The van der Waals surface area contributed by atoms with E-state index in [0.29, 0.717) is 38.7 Å². The molecule has 2 aromatic carbocycles. The van der Waals surface area contributed by atoms with E-state index < -0.39 is 5.97 Å². The zero-order valence-electron chi connectivity index (χ0n) is 14.8. The number of ether oxygens (including phenoxy) is 2. The molecule has 1 heterocycles. The van der Waals surface area contributed by atoms with Gasteiger partial charge in [0.2, 0.25) is 0 Å². The molecule has 3 rings (SSSR count). The first-order chi connectivity index (χ1) is 12.9. The normalized spacial score (nSPS) is 10.8. The van der Waals surface area contributed by atoms with Gasteiger partial charge in [0, 0.05) is 22.4 Å². The van der Waals surface area contributed by atoms with Gasteiger partial charge in [0.05, 0.1) is 17.6 Å². The third-order valence-electron chi connectivity index (χ3n) is 4.32. The minimum Gasteiger partial charge on any atom is -0.481 e. The van der Waals surface area contributed by atoms with Crippen molar-refractivity contribution in [3.63, 3.8) is 0 Å². The number of carbonyl (C=O) groups excluding carboxylic acids is 1. The molecule has 3 aromatic rings. The molecule has 5 nitrogen and oxygen atoms in total. The number of H-pyrrole nitrogens is 1. The first-order valence-corrected chi connectivity index (χ1v) is 8.94. The minimum atomic E-state index is -0.499. The summed E-state index contributed by atoms with van der Waals surface area (Å²) in [6.07, 6.45) is 0.428. The van der Waals surface area contributed by atoms with E-state index in [4.69, 9.17) is 27.9 Å². The fraction of sp³-hybridized carbons (Fsp3) is 0.200. The average molecular weight is 406 g/mol. The Morgan fingerprint density at radius 2 is 1.81 bits per heavy atom. The van der Waals surface area contributed by atoms with Crippen molar-refractivity contribution in [1.82, 2.24) is 4.98 Å². The Morgan fingerprint density at radius 1 is 1.11 bits per heavy atom. The lowest BCUT2D eigenvalue weighted by Gasteiger charge is -2.14. The highest BCUT2D eigenvalue weighted by Gasteiger charge is 2.16. The summed E-state index contributed by atoms with van der Waals surface area (Å²) in [7, 11) is 1.29. The number of aromatic amines is 1. The lowest BCUT2D eigenvalue weighted by atomic mass is 9.98. The molecular formula is C20H17Cl2NO4. The molecule has 0 saturated carbocycles. The standard InChI is InChI=1S/C20H17Cl2NO4/c1-11-14(9-12-3-5-13(21)6-4-12)20(25)23-19-15(22)7-8-16(18(11)19)27-10-17(24)26-2/h3-8H,9-10H2,1-2H3,(H,23,25). The fourth-order valence-electron chi connectivity index (χ4n) is 2.90. The van der Waals surface area contributed by atoms with Crippen LogP contribution < -0.4 is 10.3 Å². The van der Waals surface area contributed by atoms with Gasteiger partial charge in [-0.15, -0.1) is 0 Å². The van der Waals surface area contributed by atoms with E-state index in [1.165, 1.54) is 7.11 Å². The lowest BCUT2D eigenvalue weighted by Crippen LogP contribution is -2.17. The second-order valence-corrected chi connectivity index (χ2v) is 6.86. The third-order valence-corrected chi connectivity index (χ3v) is 4.89. The Balaban J connectivity index is 2.11. The summed E-state index contributed by atoms with van der Waals surface area (Å²) in [6.45, 7) is 1.60. The van der Waals surface area contributed by atoms with Crippen LogP contribution in [0.3, 0.4) is 0 Å². The van der Waals surface area contributed by atoms with Gasteiger partial charge < -0.3 is 14.5 Å². The second kappa shape index (κ2) is 8.03. The van der Waals surface area contributed by atoms with Crippen LogP contribution >= 0.6 is 23.2 Å². The maximum atomic E-state index is 12.6. The van der Waals surface area contributed by atoms with Gasteiger partial charge in [0.15, 0.2) is 6.61 Å². The summed E-state index contributed by atoms with van der Waals surface area (Å²) in [5.74, 6) is -0.0486. The number of benzene rings is 2. The number of carbonyl (C=O) groups is 1. The van der Waals surface area contributed by atoms with Crippen LogP contribution in [0.25, 0.3) is 10.9 Å². The Kier molecular flexibility index (Phi) is 5.73. The van der Waals surface area contributed by atoms with Crippen molar-refractivity contribution in [3.05, 3.63) is 73.5 Å². The largest absolute Gasteiger partial charge is 0.481 e. The highest BCUT2D eigenvalue weighted by Crippen LogP contribution is 2.33. The van der Waals surface area contributed by atoms with E-state index in [9.17, 15) is 9.59 Å². The molecule has 0 fully saturated rings. The van der Waals surface area contributed by atoms with Crippen LogP contribution in [0.15, 0.2) is 41.2 Å². The summed E-state index contributed by atoms with van der Waals surface area (Å²) in [6, 6.07) is 10.6. The maximum Gasteiger partial charge on any atom is 0.343 e. The van der Waals surface area contributed by atoms with Crippen LogP contribution in [-0.4, -0.2) is 24.7 Å². The smallest absolute Gasteiger partial charge is 0.343 e. The number of methoxy groups -OCH3 is 1. The van der Waals surface area contributed by atoms with Crippen molar-refractivity contribution >= 4 is 40.1 Å². The molecule has 0 aliphatic rings. The molecule has 0 saturated heterocycles. The zero-order valence-corrected chi connectivity index (χ0v) is 16.3. The van der Waals surface area contributed by atoms with E-state index in [1.54, 1.807) is 24.3 Å².